The molecule has 8 nitrogen and oxygen atoms in total. The topological polar surface area (TPSA) is 111 Å². The third-order valence-electron chi connectivity index (χ3n) is 7.56. The van der Waals surface area contributed by atoms with Crippen molar-refractivity contribution in [2.45, 2.75) is 98.6 Å². The first kappa shape index (κ1) is 36.3. The molecule has 1 aliphatic rings. The SMILES string of the molecule is Cc1c(C(=O)NCC2CCC(C)CC2)nn(CC(C)(C)O)c1-c1ccc(CC(C)(C)C(F)(F)F)cc1OC(F)F.O=S=O. The minimum Gasteiger partial charge on any atom is -0.434 e. The van der Waals surface area contributed by atoms with Crippen molar-refractivity contribution in [1.29, 1.82) is 0 Å². The molecule has 1 saturated carbocycles. The van der Waals surface area contributed by atoms with Gasteiger partial charge >= 0.3 is 24.4 Å². The van der Waals surface area contributed by atoms with Crippen LogP contribution in [0.1, 0.15) is 81.9 Å². The maximum atomic E-state index is 13.5. The average Bonchev–Trinajstić information content (AvgIpc) is 3.17. The number of rotatable bonds is 10. The van der Waals surface area contributed by atoms with Crippen molar-refractivity contribution >= 4 is 17.5 Å². The number of benzene rings is 1. The number of halogens is 5. The zero-order valence-electron chi connectivity index (χ0n) is 25.2. The number of hydrogen-bond acceptors (Lipinski definition) is 6. The maximum Gasteiger partial charge on any atom is 0.394 e. The summed E-state index contributed by atoms with van der Waals surface area (Å²) in [5, 5.41) is 17.9. The van der Waals surface area contributed by atoms with Gasteiger partial charge in [0.2, 0.25) is 0 Å². The molecule has 0 atom stereocenters. The summed E-state index contributed by atoms with van der Waals surface area (Å²) in [5.41, 5.74) is -2.38. The van der Waals surface area contributed by atoms with Crippen LogP contribution in [0, 0.1) is 24.2 Å². The number of aromatic nitrogens is 2. The van der Waals surface area contributed by atoms with E-state index >= 15 is 0 Å². The van der Waals surface area contributed by atoms with E-state index in [4.69, 9.17) is 13.2 Å². The van der Waals surface area contributed by atoms with Crippen molar-refractivity contribution in [1.82, 2.24) is 15.1 Å². The fourth-order valence-electron chi connectivity index (χ4n) is 5.12. The summed E-state index contributed by atoms with van der Waals surface area (Å²) < 4.78 is 90.1. The predicted molar refractivity (Wildman–Crippen MR) is 151 cm³/mol. The Morgan fingerprint density at radius 3 is 2.23 bits per heavy atom. The number of nitrogens with one attached hydrogen (secondary N) is 1. The van der Waals surface area contributed by atoms with Gasteiger partial charge in [-0.2, -0.15) is 35.5 Å². The lowest BCUT2D eigenvalue weighted by molar-refractivity contribution is -0.211. The van der Waals surface area contributed by atoms with Crippen LogP contribution in [0.25, 0.3) is 11.3 Å². The lowest BCUT2D eigenvalue weighted by Crippen LogP contribution is -2.34. The zero-order chi connectivity index (χ0) is 32.8. The molecule has 3 rings (SSSR count). The number of hydrogen-bond donors (Lipinski definition) is 2. The molecule has 0 unspecified atom stereocenters. The molecule has 1 aromatic carbocycles. The molecule has 242 valence electrons. The third-order valence-corrected chi connectivity index (χ3v) is 7.56. The highest BCUT2D eigenvalue weighted by Gasteiger charge is 2.47. The van der Waals surface area contributed by atoms with E-state index in [1.54, 1.807) is 6.92 Å². The summed E-state index contributed by atoms with van der Waals surface area (Å²) in [5.74, 6) is 0.267. The Morgan fingerprint density at radius 2 is 1.72 bits per heavy atom. The molecular formula is C29H40F5N3O5S. The molecular weight excluding hydrogens is 597 g/mol. The van der Waals surface area contributed by atoms with Crippen molar-refractivity contribution in [3.05, 3.63) is 35.0 Å². The number of nitrogens with zero attached hydrogens (tertiary/aromatic N) is 2. The molecule has 0 saturated heterocycles. The average molecular weight is 638 g/mol. The van der Waals surface area contributed by atoms with E-state index in [1.807, 2.05) is 0 Å². The van der Waals surface area contributed by atoms with E-state index in [2.05, 4.69) is 17.3 Å². The van der Waals surface area contributed by atoms with Gasteiger partial charge in [-0.05, 0) is 69.6 Å². The highest BCUT2D eigenvalue weighted by Crippen LogP contribution is 2.42. The molecule has 2 aromatic rings. The lowest BCUT2D eigenvalue weighted by Gasteiger charge is -2.28. The monoisotopic (exact) mass is 637 g/mol. The highest BCUT2D eigenvalue weighted by atomic mass is 32.1. The third kappa shape index (κ3) is 10.4. The second kappa shape index (κ2) is 14.7. The van der Waals surface area contributed by atoms with Crippen molar-refractivity contribution in [3.63, 3.8) is 0 Å². The quantitative estimate of drug-likeness (QED) is 0.298. The molecule has 14 heteroatoms. The van der Waals surface area contributed by atoms with Gasteiger partial charge in [-0.1, -0.05) is 39.7 Å². The van der Waals surface area contributed by atoms with Gasteiger partial charge in [-0.3, -0.25) is 9.48 Å². The van der Waals surface area contributed by atoms with Gasteiger partial charge in [-0.15, -0.1) is 0 Å². The van der Waals surface area contributed by atoms with Crippen molar-refractivity contribution < 1.29 is 45.0 Å². The molecule has 1 aliphatic carbocycles. The van der Waals surface area contributed by atoms with Crippen molar-refractivity contribution in [3.8, 4) is 17.0 Å². The number of aliphatic hydroxyl groups is 1. The second-order valence-electron chi connectivity index (χ2n) is 12.5. The van der Waals surface area contributed by atoms with Crippen LogP contribution in [-0.4, -0.2) is 54.1 Å². The predicted octanol–water partition coefficient (Wildman–Crippen LogP) is 6.25. The van der Waals surface area contributed by atoms with Gasteiger partial charge in [0.15, 0.2) is 5.69 Å². The van der Waals surface area contributed by atoms with Crippen LogP contribution in [0.15, 0.2) is 18.2 Å². The smallest absolute Gasteiger partial charge is 0.394 e. The summed E-state index contributed by atoms with van der Waals surface area (Å²) in [6, 6.07) is 3.99. The van der Waals surface area contributed by atoms with E-state index in [1.165, 1.54) is 36.7 Å². The molecule has 0 aliphatic heterocycles. The maximum absolute atomic E-state index is 13.5. The summed E-state index contributed by atoms with van der Waals surface area (Å²) in [6.07, 6.45) is -0.712. The first-order valence-electron chi connectivity index (χ1n) is 13.9. The molecule has 1 aromatic heterocycles. The Kier molecular flexibility index (Phi) is 12.4. The van der Waals surface area contributed by atoms with E-state index in [9.17, 15) is 31.9 Å². The zero-order valence-corrected chi connectivity index (χ0v) is 26.0. The normalized spacial score (nSPS) is 17.7. The fourth-order valence-corrected chi connectivity index (χ4v) is 5.12. The Labute approximate surface area is 252 Å². The number of alkyl halides is 5. The van der Waals surface area contributed by atoms with E-state index in [0.717, 1.165) is 39.5 Å². The molecule has 0 bridgehead atoms. The molecule has 2 N–H and O–H groups in total. The van der Waals surface area contributed by atoms with Crippen LogP contribution in [-0.2, 0) is 24.5 Å². The van der Waals surface area contributed by atoms with Gasteiger partial charge in [0.05, 0.1) is 23.3 Å². The van der Waals surface area contributed by atoms with Gasteiger partial charge in [0.25, 0.3) is 5.91 Å². The minimum absolute atomic E-state index is 0.0755. The first-order valence-corrected chi connectivity index (χ1v) is 14.6. The van der Waals surface area contributed by atoms with Crippen molar-refractivity contribution in [2.75, 3.05) is 6.54 Å². The van der Waals surface area contributed by atoms with E-state index < -0.39 is 47.7 Å². The Hall–Kier alpha value is -2.87. The second-order valence-corrected chi connectivity index (χ2v) is 12.6. The Morgan fingerprint density at radius 1 is 1.14 bits per heavy atom. The number of carbonyl (C=O) groups excluding carboxylic acids is 1. The summed E-state index contributed by atoms with van der Waals surface area (Å²) in [4.78, 5) is 13.2. The molecule has 0 spiro atoms. The largest absolute Gasteiger partial charge is 0.434 e. The van der Waals surface area contributed by atoms with Gasteiger partial charge in [0.1, 0.15) is 5.75 Å². The summed E-state index contributed by atoms with van der Waals surface area (Å²) >= 11 is -0.750. The van der Waals surface area contributed by atoms with Crippen LogP contribution in [0.2, 0.25) is 0 Å². The molecule has 43 heavy (non-hydrogen) atoms. The van der Waals surface area contributed by atoms with E-state index in [-0.39, 0.29) is 34.8 Å². The molecule has 1 fully saturated rings. The molecule has 1 heterocycles. The number of ether oxygens (including phenoxy) is 1. The van der Waals surface area contributed by atoms with E-state index in [0.29, 0.717) is 23.9 Å². The van der Waals surface area contributed by atoms with Crippen LogP contribution in [0.5, 0.6) is 5.75 Å². The van der Waals surface area contributed by atoms with Gasteiger partial charge in [-0.25, -0.2) is 0 Å². The first-order chi connectivity index (χ1) is 19.8. The Balaban J connectivity index is 0.00000206. The van der Waals surface area contributed by atoms with Gasteiger partial charge in [0, 0.05) is 17.7 Å². The minimum atomic E-state index is -4.50. The fraction of sp³-hybridized carbons (Fsp3) is 0.655. The summed E-state index contributed by atoms with van der Waals surface area (Å²) in [6.45, 7) is 6.16. The van der Waals surface area contributed by atoms with Crippen LogP contribution >= 0.6 is 0 Å². The Bertz CT molecular complexity index is 1280. The highest BCUT2D eigenvalue weighted by molar-refractivity contribution is 7.51. The molecule has 1 amide bonds. The summed E-state index contributed by atoms with van der Waals surface area (Å²) in [7, 11) is 0. The van der Waals surface area contributed by atoms with Crippen LogP contribution < -0.4 is 10.1 Å². The number of carbonyl (C=O) groups is 1. The lowest BCUT2D eigenvalue weighted by atomic mass is 9.83. The van der Waals surface area contributed by atoms with Crippen LogP contribution in [0.4, 0.5) is 22.0 Å². The van der Waals surface area contributed by atoms with Crippen LogP contribution in [0.3, 0.4) is 0 Å². The van der Waals surface area contributed by atoms with Crippen molar-refractivity contribution in [2.24, 2.45) is 17.3 Å². The van der Waals surface area contributed by atoms with Gasteiger partial charge < -0.3 is 15.2 Å². The number of amides is 1. The standard InChI is InChI=1S/C29H40F5N3O3.O2S/c1-17-7-9-19(10-8-17)15-35-25(38)23-18(2)24(37(36-23)16-28(5,6)39)21-12-11-20(13-22(21)40-26(30)31)14-27(3,4)29(32,33)34;1-3-2/h11-13,17,19,26,39H,7-10,14-16H2,1-6H3,(H,35,38);. The molecule has 0 radical (unpaired) electrons.